The Morgan fingerprint density at radius 1 is 0.944 bits per heavy atom. The first-order valence-corrected chi connectivity index (χ1v) is 7.39. The molecule has 0 nitrogen and oxygen atoms in total. The van der Waals surface area contributed by atoms with Crippen LogP contribution in [0.15, 0.2) is 24.3 Å². The molecular weight excluding hydrogens is 380 g/mol. The van der Waals surface area contributed by atoms with Gasteiger partial charge in [-0.05, 0) is 24.5 Å². The molecule has 0 bridgehead atoms. The maximum Gasteiger partial charge on any atom is 0.226 e. The number of alkyl halides is 7. The number of halogens is 7. The number of rotatable bonds is 3. The monoisotopic (exact) mass is 385 g/mol. The van der Waals surface area contributed by atoms with E-state index in [1.807, 2.05) is 6.07 Å². The van der Waals surface area contributed by atoms with Gasteiger partial charge in [-0.25, -0.2) is 0 Å². The van der Waals surface area contributed by atoms with Crippen molar-refractivity contribution in [2.45, 2.75) is 18.9 Å². The highest BCUT2D eigenvalue weighted by atomic mass is 35.6. The Kier molecular flexibility index (Phi) is 5.70. The molecule has 0 atom stereocenters. The topological polar surface area (TPSA) is 0 Å². The van der Waals surface area contributed by atoms with Gasteiger partial charge in [0.1, 0.15) is 0 Å². The molecule has 0 aliphatic rings. The third-order valence-corrected chi connectivity index (χ3v) is 6.28. The van der Waals surface area contributed by atoms with Crippen LogP contribution in [0.2, 0.25) is 0 Å². The summed E-state index contributed by atoms with van der Waals surface area (Å²) < 4.78 is -5.86. The van der Waals surface area contributed by atoms with Gasteiger partial charge in [0, 0.05) is 0 Å². The van der Waals surface area contributed by atoms with E-state index < -0.39 is 12.5 Å². The van der Waals surface area contributed by atoms with Crippen LogP contribution in [0, 0.1) is 6.92 Å². The third kappa shape index (κ3) is 3.28. The van der Waals surface area contributed by atoms with E-state index in [2.05, 4.69) is 6.92 Å². The normalized spacial score (nSPS) is 13.8. The molecule has 1 aromatic carbocycles. The Bertz CT molecular complexity index is 420. The number of benzene rings is 1. The molecule has 0 spiro atoms. The number of hydrogen-bond donors (Lipinski definition) is 0. The summed E-state index contributed by atoms with van der Waals surface area (Å²) in [4.78, 5) is 0. The second-order valence-electron chi connectivity index (χ2n) is 3.60. The van der Waals surface area contributed by atoms with Crippen LogP contribution in [-0.4, -0.2) is 8.13 Å². The zero-order valence-corrected chi connectivity index (χ0v) is 14.2. The van der Waals surface area contributed by atoms with Crippen molar-refractivity contribution in [3.05, 3.63) is 42.3 Å². The molecule has 0 aliphatic heterocycles. The van der Waals surface area contributed by atoms with Crippen LogP contribution in [-0.2, 0) is 10.8 Å². The summed E-state index contributed by atoms with van der Waals surface area (Å²) in [5.74, 6) is 0. The fourth-order valence-corrected chi connectivity index (χ4v) is 2.73. The standard InChI is InChI=1S/C11H8Cl7/c1-2-7-4-3-5-8(6-7)9(12,13)10(14,15)11(16,17)18/h3-6H,1-2H2. The lowest BCUT2D eigenvalue weighted by atomic mass is 10.0. The van der Waals surface area contributed by atoms with Crippen molar-refractivity contribution in [3.63, 3.8) is 0 Å². The van der Waals surface area contributed by atoms with E-state index >= 15 is 0 Å². The average Bonchev–Trinajstić information content (AvgIpc) is 2.27. The Morgan fingerprint density at radius 3 is 1.94 bits per heavy atom. The molecule has 1 rings (SSSR count). The van der Waals surface area contributed by atoms with Gasteiger partial charge >= 0.3 is 0 Å². The van der Waals surface area contributed by atoms with Gasteiger partial charge in [0.05, 0.1) is 0 Å². The summed E-state index contributed by atoms with van der Waals surface area (Å²) in [5.41, 5.74) is 1.34. The first-order valence-electron chi connectivity index (χ1n) is 4.75. The number of hydrogen-bond acceptors (Lipinski definition) is 0. The largest absolute Gasteiger partial charge is 0.226 e. The third-order valence-electron chi connectivity index (χ3n) is 2.33. The lowest BCUT2D eigenvalue weighted by molar-refractivity contribution is 0.698. The van der Waals surface area contributed by atoms with E-state index in [9.17, 15) is 0 Å². The van der Waals surface area contributed by atoms with Crippen molar-refractivity contribution in [2.75, 3.05) is 0 Å². The van der Waals surface area contributed by atoms with Gasteiger partial charge in [-0.1, -0.05) is 105 Å². The smallest absolute Gasteiger partial charge is 0.0930 e. The molecule has 0 fully saturated rings. The van der Waals surface area contributed by atoms with E-state index in [0.717, 1.165) is 5.56 Å². The van der Waals surface area contributed by atoms with Crippen LogP contribution in [0.25, 0.3) is 0 Å². The van der Waals surface area contributed by atoms with Gasteiger partial charge < -0.3 is 0 Å². The van der Waals surface area contributed by atoms with Crippen molar-refractivity contribution in [3.8, 4) is 0 Å². The van der Waals surface area contributed by atoms with E-state index in [-0.39, 0.29) is 0 Å². The molecule has 1 aromatic rings. The van der Waals surface area contributed by atoms with Gasteiger partial charge in [0.25, 0.3) is 0 Å². The summed E-state index contributed by atoms with van der Waals surface area (Å²) >= 11 is 41.6. The molecule has 0 aliphatic carbocycles. The van der Waals surface area contributed by atoms with Crippen molar-refractivity contribution < 1.29 is 0 Å². The fourth-order valence-electron chi connectivity index (χ4n) is 1.28. The van der Waals surface area contributed by atoms with Gasteiger partial charge in [-0.15, -0.1) is 0 Å². The van der Waals surface area contributed by atoms with Crippen LogP contribution in [0.1, 0.15) is 11.1 Å². The first-order chi connectivity index (χ1) is 8.04. The van der Waals surface area contributed by atoms with E-state index in [1.165, 1.54) is 0 Å². The molecule has 7 heteroatoms. The second kappa shape index (κ2) is 5.93. The van der Waals surface area contributed by atoms with Crippen molar-refractivity contribution >= 4 is 81.2 Å². The lowest BCUT2D eigenvalue weighted by Gasteiger charge is -2.37. The molecule has 1 radical (unpaired) electrons. The predicted molar refractivity (Wildman–Crippen MR) is 83.6 cm³/mol. The van der Waals surface area contributed by atoms with E-state index in [1.54, 1.807) is 18.2 Å². The molecule has 18 heavy (non-hydrogen) atoms. The molecule has 0 amide bonds. The minimum atomic E-state index is -2.06. The quantitative estimate of drug-likeness (QED) is 0.538. The fraction of sp³-hybridized carbons (Fsp3) is 0.364. The summed E-state index contributed by atoms with van der Waals surface area (Å²) in [6, 6.07) is 6.97. The SMILES string of the molecule is [CH2]Cc1cccc(C(Cl)(Cl)C(Cl)(Cl)C(Cl)(Cl)Cl)c1. The molecule has 0 saturated heterocycles. The Balaban J connectivity index is 3.28. The highest BCUT2D eigenvalue weighted by Gasteiger charge is 2.60. The molecule has 0 unspecified atom stereocenters. The van der Waals surface area contributed by atoms with Crippen LogP contribution in [0.5, 0.6) is 0 Å². The van der Waals surface area contributed by atoms with Gasteiger partial charge in [0.2, 0.25) is 8.13 Å². The first kappa shape index (κ1) is 17.3. The summed E-state index contributed by atoms with van der Waals surface area (Å²) in [6.45, 7) is 3.76. The van der Waals surface area contributed by atoms with Gasteiger partial charge in [-0.2, -0.15) is 0 Å². The summed E-state index contributed by atoms with van der Waals surface area (Å²) in [6.07, 6.45) is 0.559. The maximum absolute atomic E-state index is 6.19. The average molecular weight is 388 g/mol. The van der Waals surface area contributed by atoms with Crippen LogP contribution < -0.4 is 0 Å². The van der Waals surface area contributed by atoms with Gasteiger partial charge in [0.15, 0.2) is 4.33 Å². The van der Waals surface area contributed by atoms with Crippen LogP contribution >= 0.6 is 81.2 Å². The summed E-state index contributed by atoms with van der Waals surface area (Å²) in [7, 11) is 0. The highest BCUT2D eigenvalue weighted by Crippen LogP contribution is 2.60. The van der Waals surface area contributed by atoms with E-state index in [4.69, 9.17) is 81.2 Å². The second-order valence-corrected chi connectivity index (χ2v) is 8.53. The zero-order valence-electron chi connectivity index (χ0n) is 8.87. The van der Waals surface area contributed by atoms with Crippen LogP contribution in [0.3, 0.4) is 0 Å². The van der Waals surface area contributed by atoms with Gasteiger partial charge in [-0.3, -0.25) is 0 Å². The highest BCUT2D eigenvalue weighted by molar-refractivity contribution is 6.78. The minimum absolute atomic E-state index is 0.434. The Morgan fingerprint density at radius 2 is 1.50 bits per heavy atom. The molecule has 0 N–H and O–H groups in total. The lowest BCUT2D eigenvalue weighted by Crippen LogP contribution is -2.45. The van der Waals surface area contributed by atoms with Crippen molar-refractivity contribution in [1.29, 1.82) is 0 Å². The summed E-state index contributed by atoms with van der Waals surface area (Å²) in [5, 5.41) is 0. The Hall–Kier alpha value is 1.25. The van der Waals surface area contributed by atoms with Crippen molar-refractivity contribution in [2.24, 2.45) is 0 Å². The molecule has 0 saturated carbocycles. The Labute approximate surface area is 141 Å². The predicted octanol–water partition coefficient (Wildman–Crippen LogP) is 6.24. The van der Waals surface area contributed by atoms with E-state index in [0.29, 0.717) is 12.0 Å². The van der Waals surface area contributed by atoms with Crippen LogP contribution in [0.4, 0.5) is 0 Å². The molecular formula is C11H8Cl7. The zero-order chi connectivity index (χ0) is 14.2. The maximum atomic E-state index is 6.19. The van der Waals surface area contributed by atoms with Crippen molar-refractivity contribution in [1.82, 2.24) is 0 Å². The molecule has 0 heterocycles. The minimum Gasteiger partial charge on any atom is -0.0930 e. The molecule has 0 aromatic heterocycles. The molecule has 101 valence electrons.